The smallest absolute Gasteiger partial charge is 0.410 e. The maximum Gasteiger partial charge on any atom is 0.410 e. The SMILES string of the molecule is CC(C)(C)OC(=O)N1CCC(c2cnc(C34CC5CC(Nc6cc(-c7ccccc7O)nnc6C(=N)N)CC(C3)C4C5)nc2)CC1. The number of amidine groups is 1. The number of nitrogen functional groups attached to an aromatic ring is 1. The fourth-order valence-electron chi connectivity index (χ4n) is 8.69. The predicted octanol–water partition coefficient (Wildman–Crippen LogP) is 5.60. The first-order valence-corrected chi connectivity index (χ1v) is 16.6. The minimum Gasteiger partial charge on any atom is -0.507 e. The van der Waals surface area contributed by atoms with Crippen molar-refractivity contribution in [2.24, 2.45) is 23.5 Å². The molecule has 4 aliphatic rings. The Bertz CT molecular complexity index is 1630. The summed E-state index contributed by atoms with van der Waals surface area (Å²) in [7, 11) is 0. The van der Waals surface area contributed by atoms with Crippen molar-refractivity contribution in [3.05, 3.63) is 59.8 Å². The summed E-state index contributed by atoms with van der Waals surface area (Å²) >= 11 is 0. The quantitative estimate of drug-likeness (QED) is 0.202. The Kier molecular flexibility index (Phi) is 7.60. The van der Waals surface area contributed by atoms with Crippen LogP contribution in [0, 0.1) is 23.2 Å². The summed E-state index contributed by atoms with van der Waals surface area (Å²) in [5.74, 6) is 3.07. The number of hydrogen-bond acceptors (Lipinski definition) is 9. The second-order valence-corrected chi connectivity index (χ2v) is 14.8. The number of carbonyl (C=O) groups is 1. The van der Waals surface area contributed by atoms with E-state index in [1.807, 2.05) is 50.2 Å². The van der Waals surface area contributed by atoms with Crippen LogP contribution >= 0.6 is 0 Å². The Balaban J connectivity index is 1.00. The standard InChI is InChI=1S/C35H44N8O3/c1-34(2,3)46-33(45)43-10-8-21(9-11-43)23-18-38-32(39-19-23)35-16-20-12-24(14-22(17-35)26(35)13-20)40-28-15-27(41-42-30(28)31(36)37)25-6-4-5-7-29(25)44/h4-7,15,18-22,24,26,44H,8-14,16-17H2,1-3H3,(H3,36,37)(H,40,41). The number of carbonyl (C=O) groups excluding carboxylic acids is 1. The molecule has 11 nitrogen and oxygen atoms in total. The molecule has 7 rings (SSSR count). The van der Waals surface area contributed by atoms with Crippen LogP contribution in [-0.2, 0) is 10.2 Å². The number of fused-ring (bicyclic) bond motifs is 1. The fraction of sp³-hybridized carbons (Fsp3) is 0.543. The van der Waals surface area contributed by atoms with Crippen LogP contribution in [0.3, 0.4) is 0 Å². The van der Waals surface area contributed by atoms with Crippen molar-refractivity contribution in [3.8, 4) is 17.0 Å². The molecule has 2 aromatic heterocycles. The molecular weight excluding hydrogens is 580 g/mol. The highest BCUT2D eigenvalue weighted by Gasteiger charge is 2.63. The molecule has 1 aromatic carbocycles. The van der Waals surface area contributed by atoms with Gasteiger partial charge in [0.1, 0.15) is 23.0 Å². The number of phenolic OH excluding ortho intramolecular Hbond substituents is 1. The van der Waals surface area contributed by atoms with Crippen LogP contribution in [-0.4, -0.2) is 66.8 Å². The van der Waals surface area contributed by atoms with E-state index >= 15 is 0 Å². The number of amides is 1. The van der Waals surface area contributed by atoms with E-state index in [2.05, 4.69) is 15.5 Å². The molecule has 3 saturated carbocycles. The van der Waals surface area contributed by atoms with Gasteiger partial charge >= 0.3 is 6.09 Å². The molecule has 1 aliphatic heterocycles. The third-order valence-electron chi connectivity index (χ3n) is 10.7. The summed E-state index contributed by atoms with van der Waals surface area (Å²) in [6.45, 7) is 7.07. The van der Waals surface area contributed by atoms with Gasteiger partial charge in [-0.25, -0.2) is 14.8 Å². The zero-order valence-electron chi connectivity index (χ0n) is 26.9. The summed E-state index contributed by atoms with van der Waals surface area (Å²) in [5.41, 5.74) is 8.80. The number of aromatic nitrogens is 4. The Labute approximate surface area is 269 Å². The van der Waals surface area contributed by atoms with E-state index in [1.165, 1.54) is 6.42 Å². The molecule has 242 valence electrons. The molecule has 2 bridgehead atoms. The van der Waals surface area contributed by atoms with Gasteiger partial charge in [0, 0.05) is 42.5 Å². The Morgan fingerprint density at radius 3 is 2.52 bits per heavy atom. The highest BCUT2D eigenvalue weighted by molar-refractivity contribution is 5.98. The van der Waals surface area contributed by atoms with Gasteiger partial charge in [-0.15, -0.1) is 10.2 Å². The van der Waals surface area contributed by atoms with Gasteiger partial charge in [-0.3, -0.25) is 5.41 Å². The van der Waals surface area contributed by atoms with Gasteiger partial charge in [0.25, 0.3) is 0 Å². The average Bonchev–Trinajstić information content (AvgIpc) is 3.21. The van der Waals surface area contributed by atoms with Gasteiger partial charge < -0.3 is 25.8 Å². The van der Waals surface area contributed by atoms with Gasteiger partial charge in [-0.1, -0.05) is 12.1 Å². The van der Waals surface area contributed by atoms with Gasteiger partial charge in [-0.2, -0.15) is 0 Å². The number of likely N-dealkylation sites (tertiary alicyclic amines) is 1. The molecule has 11 heteroatoms. The molecule has 4 fully saturated rings. The summed E-state index contributed by atoms with van der Waals surface area (Å²) in [4.78, 5) is 24.3. The summed E-state index contributed by atoms with van der Waals surface area (Å²) in [5, 5.41) is 30.7. The molecular formula is C35H44N8O3. The molecule has 5 N–H and O–H groups in total. The van der Waals surface area contributed by atoms with E-state index in [9.17, 15) is 9.90 Å². The largest absolute Gasteiger partial charge is 0.507 e. The number of piperidine rings is 1. The predicted molar refractivity (Wildman–Crippen MR) is 175 cm³/mol. The zero-order valence-corrected chi connectivity index (χ0v) is 26.9. The van der Waals surface area contributed by atoms with Gasteiger partial charge in [-0.05, 0) is 113 Å². The number of aromatic hydroxyl groups is 1. The normalized spacial score (nSPS) is 27.4. The lowest BCUT2D eigenvalue weighted by molar-refractivity contribution is 0.0204. The number of phenols is 1. The van der Waals surface area contributed by atoms with Crippen molar-refractivity contribution < 1.29 is 14.6 Å². The Hall–Kier alpha value is -4.28. The van der Waals surface area contributed by atoms with E-state index in [0.29, 0.717) is 59.4 Å². The molecule has 0 radical (unpaired) electrons. The number of ether oxygens (including phenoxy) is 1. The number of nitrogens with one attached hydrogen (secondary N) is 2. The van der Waals surface area contributed by atoms with Crippen LogP contribution in [0.1, 0.15) is 88.7 Å². The molecule has 3 aromatic rings. The van der Waals surface area contributed by atoms with Crippen LogP contribution in [0.2, 0.25) is 0 Å². The second kappa shape index (κ2) is 11.5. The van der Waals surface area contributed by atoms with Crippen molar-refractivity contribution >= 4 is 17.6 Å². The lowest BCUT2D eigenvalue weighted by Crippen LogP contribution is -2.51. The molecule has 5 atom stereocenters. The van der Waals surface area contributed by atoms with Gasteiger partial charge in [0.05, 0.1) is 11.4 Å². The van der Waals surface area contributed by atoms with E-state index < -0.39 is 5.60 Å². The molecule has 1 amide bonds. The number of para-hydroxylation sites is 1. The van der Waals surface area contributed by atoms with Crippen LogP contribution in [0.25, 0.3) is 11.3 Å². The molecule has 3 heterocycles. The van der Waals surface area contributed by atoms with E-state index in [4.69, 9.17) is 25.8 Å². The van der Waals surface area contributed by atoms with Gasteiger partial charge in [0.2, 0.25) is 0 Å². The van der Waals surface area contributed by atoms with Gasteiger partial charge in [0.15, 0.2) is 5.69 Å². The second-order valence-electron chi connectivity index (χ2n) is 14.8. The lowest BCUT2D eigenvalue weighted by atomic mass is 9.53. The highest BCUT2D eigenvalue weighted by Crippen LogP contribution is 2.66. The van der Waals surface area contributed by atoms with Crippen molar-refractivity contribution in [1.82, 2.24) is 25.1 Å². The van der Waals surface area contributed by atoms with E-state index in [-0.39, 0.29) is 29.1 Å². The summed E-state index contributed by atoms with van der Waals surface area (Å²) in [6, 6.07) is 9.13. The van der Waals surface area contributed by atoms with Crippen LogP contribution in [0.5, 0.6) is 5.75 Å². The van der Waals surface area contributed by atoms with E-state index in [1.54, 1.807) is 18.2 Å². The third-order valence-corrected chi connectivity index (χ3v) is 10.7. The van der Waals surface area contributed by atoms with Crippen molar-refractivity contribution in [2.45, 2.75) is 88.7 Å². The third kappa shape index (κ3) is 5.64. The molecule has 3 aliphatic carbocycles. The first-order valence-electron chi connectivity index (χ1n) is 16.6. The number of rotatable bonds is 6. The van der Waals surface area contributed by atoms with Crippen LogP contribution < -0.4 is 11.1 Å². The maximum absolute atomic E-state index is 12.5. The lowest BCUT2D eigenvalue weighted by Gasteiger charge is -2.52. The first-order chi connectivity index (χ1) is 22.0. The summed E-state index contributed by atoms with van der Waals surface area (Å²) < 4.78 is 5.56. The topological polar surface area (TPSA) is 163 Å². The Morgan fingerprint density at radius 2 is 1.83 bits per heavy atom. The number of anilines is 1. The minimum absolute atomic E-state index is 0.0691. The number of benzene rings is 1. The Morgan fingerprint density at radius 1 is 1.09 bits per heavy atom. The fourth-order valence-corrected chi connectivity index (χ4v) is 8.69. The number of nitrogens with zero attached hydrogens (tertiary/aromatic N) is 5. The molecule has 0 spiro atoms. The first kappa shape index (κ1) is 30.4. The number of nitrogens with two attached hydrogens (primary N) is 1. The monoisotopic (exact) mass is 624 g/mol. The molecule has 46 heavy (non-hydrogen) atoms. The number of hydrogen-bond donors (Lipinski definition) is 4. The maximum atomic E-state index is 12.5. The van der Waals surface area contributed by atoms with Crippen LogP contribution in [0.4, 0.5) is 10.5 Å². The van der Waals surface area contributed by atoms with Crippen molar-refractivity contribution in [1.29, 1.82) is 5.41 Å². The van der Waals surface area contributed by atoms with Crippen molar-refractivity contribution in [2.75, 3.05) is 18.4 Å². The summed E-state index contributed by atoms with van der Waals surface area (Å²) in [6.07, 6.45) is 11.1. The van der Waals surface area contributed by atoms with Crippen LogP contribution in [0.15, 0.2) is 42.7 Å². The van der Waals surface area contributed by atoms with E-state index in [0.717, 1.165) is 49.9 Å². The molecule has 1 saturated heterocycles. The van der Waals surface area contributed by atoms with Crippen molar-refractivity contribution in [3.63, 3.8) is 0 Å². The molecule has 5 unspecified atom stereocenters. The minimum atomic E-state index is -0.485. The zero-order chi connectivity index (χ0) is 32.2. The highest BCUT2D eigenvalue weighted by atomic mass is 16.6. The average molecular weight is 625 g/mol.